The van der Waals surface area contributed by atoms with E-state index >= 15 is 0 Å². The minimum atomic E-state index is -0.479. The number of nitrogens with one attached hydrogen (secondary N) is 2. The molecule has 1 aromatic heterocycles. The maximum absolute atomic E-state index is 13.3. The van der Waals surface area contributed by atoms with Crippen LogP contribution in [0.1, 0.15) is 24.1 Å². The number of imidazole rings is 1. The molecule has 6 heteroatoms. The van der Waals surface area contributed by atoms with Crippen LogP contribution in [0.25, 0.3) is 11.1 Å². The first kappa shape index (κ1) is 20.3. The monoisotopic (exact) mass is 407 g/mol. The van der Waals surface area contributed by atoms with Gasteiger partial charge in [-0.2, -0.15) is 0 Å². The van der Waals surface area contributed by atoms with Gasteiger partial charge >= 0.3 is 0 Å². The number of amides is 1. The molecule has 0 saturated carbocycles. The van der Waals surface area contributed by atoms with E-state index in [2.05, 4.69) is 27.4 Å². The number of ether oxygens (including phenoxy) is 1. The van der Waals surface area contributed by atoms with Crippen LogP contribution in [-0.4, -0.2) is 35.6 Å². The van der Waals surface area contributed by atoms with Crippen molar-refractivity contribution in [1.29, 1.82) is 0 Å². The number of benzene rings is 2. The summed E-state index contributed by atoms with van der Waals surface area (Å²) in [7, 11) is 0. The molecule has 1 amide bonds. The average molecular weight is 407 g/mol. The molecule has 3 aromatic rings. The molecule has 1 saturated heterocycles. The smallest absolute Gasteiger partial charge is 0.226 e. The zero-order chi connectivity index (χ0) is 20.8. The number of aromatic nitrogens is 2. The normalized spacial score (nSPS) is 15.6. The quantitative estimate of drug-likeness (QED) is 0.624. The molecular weight excluding hydrogens is 381 g/mol. The van der Waals surface area contributed by atoms with Crippen molar-refractivity contribution >= 4 is 5.91 Å². The van der Waals surface area contributed by atoms with Gasteiger partial charge in [0.25, 0.3) is 0 Å². The van der Waals surface area contributed by atoms with E-state index in [4.69, 9.17) is 4.74 Å². The van der Waals surface area contributed by atoms with E-state index in [-0.39, 0.29) is 11.7 Å². The Bertz CT molecular complexity index is 964. The van der Waals surface area contributed by atoms with Crippen molar-refractivity contribution in [1.82, 2.24) is 15.3 Å². The first-order valence-electron chi connectivity index (χ1n) is 10.3. The van der Waals surface area contributed by atoms with Crippen LogP contribution in [0.2, 0.25) is 0 Å². The summed E-state index contributed by atoms with van der Waals surface area (Å²) >= 11 is 0. The van der Waals surface area contributed by atoms with E-state index in [1.165, 1.54) is 12.1 Å². The lowest BCUT2D eigenvalue weighted by Gasteiger charge is -2.36. The Morgan fingerprint density at radius 2 is 1.93 bits per heavy atom. The molecule has 30 heavy (non-hydrogen) atoms. The van der Waals surface area contributed by atoms with Gasteiger partial charge in [0.1, 0.15) is 5.82 Å². The standard InChI is InChI=1S/C24H26FN3O2/c25-21-6-4-19(5-7-21)20-3-1-2-18(14-20)15-24(9-12-30-13-10-24)23(29)27-11-8-22-16-26-17-28-22/h1-7,14,16-17H,8-13,15H2,(H,26,28)(H,27,29). The van der Waals surface area contributed by atoms with Gasteiger partial charge in [-0.1, -0.05) is 36.4 Å². The number of rotatable bonds is 7. The summed E-state index contributed by atoms with van der Waals surface area (Å²) in [6.45, 7) is 1.75. The molecule has 0 spiro atoms. The van der Waals surface area contributed by atoms with Gasteiger partial charge in [-0.25, -0.2) is 9.37 Å². The summed E-state index contributed by atoms with van der Waals surface area (Å²) in [6, 6.07) is 14.7. The zero-order valence-corrected chi connectivity index (χ0v) is 16.9. The molecule has 0 aliphatic carbocycles. The molecule has 156 valence electrons. The molecule has 1 fully saturated rings. The van der Waals surface area contributed by atoms with Crippen molar-refractivity contribution in [2.75, 3.05) is 19.8 Å². The molecule has 1 aliphatic heterocycles. The second kappa shape index (κ2) is 9.22. The number of aromatic amines is 1. The fourth-order valence-corrected chi connectivity index (χ4v) is 4.06. The van der Waals surface area contributed by atoms with E-state index in [1.807, 2.05) is 12.1 Å². The molecule has 2 N–H and O–H groups in total. The van der Waals surface area contributed by atoms with Crippen LogP contribution < -0.4 is 5.32 Å². The maximum atomic E-state index is 13.3. The highest BCUT2D eigenvalue weighted by Crippen LogP contribution is 2.35. The van der Waals surface area contributed by atoms with E-state index in [0.717, 1.165) is 28.8 Å². The van der Waals surface area contributed by atoms with Crippen LogP contribution in [0.15, 0.2) is 61.1 Å². The Morgan fingerprint density at radius 1 is 1.13 bits per heavy atom. The number of hydrogen-bond donors (Lipinski definition) is 2. The van der Waals surface area contributed by atoms with Crippen molar-refractivity contribution in [2.45, 2.75) is 25.7 Å². The van der Waals surface area contributed by atoms with Crippen molar-refractivity contribution < 1.29 is 13.9 Å². The Morgan fingerprint density at radius 3 is 2.67 bits per heavy atom. The molecule has 2 heterocycles. The van der Waals surface area contributed by atoms with Crippen LogP contribution in [-0.2, 0) is 22.4 Å². The van der Waals surface area contributed by atoms with Crippen molar-refractivity contribution in [3.05, 3.63) is 78.1 Å². The van der Waals surface area contributed by atoms with Gasteiger partial charge in [0.15, 0.2) is 0 Å². The third-order valence-corrected chi connectivity index (χ3v) is 5.81. The van der Waals surface area contributed by atoms with Gasteiger partial charge in [0, 0.05) is 38.1 Å². The average Bonchev–Trinajstić information content (AvgIpc) is 3.28. The SMILES string of the molecule is O=C(NCCc1cnc[nH]1)C1(Cc2cccc(-c3ccc(F)cc3)c2)CCOCC1. The van der Waals surface area contributed by atoms with Gasteiger partial charge in [0.05, 0.1) is 11.7 Å². The highest BCUT2D eigenvalue weighted by atomic mass is 19.1. The largest absolute Gasteiger partial charge is 0.381 e. The molecular formula is C24H26FN3O2. The lowest BCUT2D eigenvalue weighted by Crippen LogP contribution is -2.46. The summed E-state index contributed by atoms with van der Waals surface area (Å²) < 4.78 is 18.8. The van der Waals surface area contributed by atoms with Gasteiger partial charge in [-0.05, 0) is 48.1 Å². The van der Waals surface area contributed by atoms with E-state index in [9.17, 15) is 9.18 Å². The molecule has 4 rings (SSSR count). The van der Waals surface area contributed by atoms with Crippen LogP contribution in [0.4, 0.5) is 4.39 Å². The van der Waals surface area contributed by atoms with Crippen molar-refractivity contribution in [3.63, 3.8) is 0 Å². The Hall–Kier alpha value is -2.99. The Labute approximate surface area is 175 Å². The second-order valence-electron chi connectivity index (χ2n) is 7.86. The fourth-order valence-electron chi connectivity index (χ4n) is 4.06. The number of H-pyrrole nitrogens is 1. The van der Waals surface area contributed by atoms with E-state index in [0.29, 0.717) is 39.0 Å². The van der Waals surface area contributed by atoms with Crippen LogP contribution in [0.5, 0.6) is 0 Å². The minimum absolute atomic E-state index is 0.0810. The van der Waals surface area contributed by atoms with Gasteiger partial charge in [-0.3, -0.25) is 4.79 Å². The summed E-state index contributed by atoms with van der Waals surface area (Å²) in [5, 5.41) is 3.12. The summed E-state index contributed by atoms with van der Waals surface area (Å²) in [4.78, 5) is 20.3. The van der Waals surface area contributed by atoms with E-state index in [1.54, 1.807) is 24.7 Å². The molecule has 0 unspecified atom stereocenters. The molecule has 1 aliphatic rings. The first-order valence-corrected chi connectivity index (χ1v) is 10.3. The molecule has 2 aromatic carbocycles. The van der Waals surface area contributed by atoms with Gasteiger partial charge in [-0.15, -0.1) is 0 Å². The van der Waals surface area contributed by atoms with Gasteiger partial charge in [0.2, 0.25) is 5.91 Å². The predicted octanol–water partition coefficient (Wildman–Crippen LogP) is 3.91. The topological polar surface area (TPSA) is 67.0 Å². The predicted molar refractivity (Wildman–Crippen MR) is 113 cm³/mol. The zero-order valence-electron chi connectivity index (χ0n) is 16.9. The summed E-state index contributed by atoms with van der Waals surface area (Å²) in [5.74, 6) is -0.166. The lowest BCUT2D eigenvalue weighted by atomic mass is 9.74. The summed E-state index contributed by atoms with van der Waals surface area (Å²) in [5.41, 5.74) is 3.61. The highest BCUT2D eigenvalue weighted by molar-refractivity contribution is 5.83. The summed E-state index contributed by atoms with van der Waals surface area (Å²) in [6.07, 6.45) is 6.19. The molecule has 0 atom stereocenters. The number of carbonyl (C=O) groups is 1. The van der Waals surface area contributed by atoms with E-state index < -0.39 is 5.41 Å². The Kier molecular flexibility index (Phi) is 6.23. The third-order valence-electron chi connectivity index (χ3n) is 5.81. The third kappa shape index (κ3) is 4.76. The maximum Gasteiger partial charge on any atom is 0.226 e. The lowest BCUT2D eigenvalue weighted by molar-refractivity contribution is -0.136. The number of nitrogens with zero attached hydrogens (tertiary/aromatic N) is 1. The minimum Gasteiger partial charge on any atom is -0.381 e. The Balaban J connectivity index is 1.49. The number of carbonyl (C=O) groups excluding carboxylic acids is 1. The van der Waals surface area contributed by atoms with Crippen LogP contribution in [0, 0.1) is 11.2 Å². The number of halogens is 1. The van der Waals surface area contributed by atoms with Crippen molar-refractivity contribution in [2.24, 2.45) is 5.41 Å². The molecule has 5 nitrogen and oxygen atoms in total. The van der Waals surface area contributed by atoms with Crippen molar-refractivity contribution in [3.8, 4) is 11.1 Å². The second-order valence-corrected chi connectivity index (χ2v) is 7.86. The van der Waals surface area contributed by atoms with Crippen LogP contribution in [0.3, 0.4) is 0 Å². The highest BCUT2D eigenvalue weighted by Gasteiger charge is 2.39. The molecule has 0 radical (unpaired) electrons. The fraction of sp³-hybridized carbons (Fsp3) is 0.333. The number of hydrogen-bond acceptors (Lipinski definition) is 3. The van der Waals surface area contributed by atoms with Crippen LogP contribution >= 0.6 is 0 Å². The molecule has 0 bridgehead atoms. The first-order chi connectivity index (χ1) is 14.6. The van der Waals surface area contributed by atoms with Gasteiger partial charge < -0.3 is 15.0 Å².